The lowest BCUT2D eigenvalue weighted by molar-refractivity contribution is 0.153. The molecule has 1 unspecified atom stereocenters. The summed E-state index contributed by atoms with van der Waals surface area (Å²) in [6, 6.07) is 9.29. The Hall–Kier alpha value is -1.42. The highest BCUT2D eigenvalue weighted by Gasteiger charge is 2.24. The summed E-state index contributed by atoms with van der Waals surface area (Å²) in [5.74, 6) is 0. The van der Waals surface area contributed by atoms with Crippen LogP contribution >= 0.6 is 12.4 Å². The van der Waals surface area contributed by atoms with Crippen LogP contribution in [0.3, 0.4) is 0 Å². The second-order valence-electron chi connectivity index (χ2n) is 6.34. The second kappa shape index (κ2) is 7.91. The first-order valence-electron chi connectivity index (χ1n) is 8.06. The molecular formula is C19H26ClN3. The SMILES string of the molecule is Cc1cc(C)c(CN2CCNCC2c2cccnc2)cc1C.Cl. The molecule has 1 aliphatic heterocycles. The van der Waals surface area contributed by atoms with Crippen molar-refractivity contribution in [2.45, 2.75) is 33.4 Å². The van der Waals surface area contributed by atoms with Crippen molar-refractivity contribution in [2.75, 3.05) is 19.6 Å². The topological polar surface area (TPSA) is 28.2 Å². The Morgan fingerprint density at radius 2 is 1.96 bits per heavy atom. The van der Waals surface area contributed by atoms with Gasteiger partial charge in [-0.1, -0.05) is 18.2 Å². The third kappa shape index (κ3) is 4.11. The fraction of sp³-hybridized carbons (Fsp3) is 0.421. The van der Waals surface area contributed by atoms with Crippen LogP contribution in [0.25, 0.3) is 0 Å². The van der Waals surface area contributed by atoms with Gasteiger partial charge in [0.15, 0.2) is 0 Å². The number of halogens is 1. The summed E-state index contributed by atoms with van der Waals surface area (Å²) in [6.07, 6.45) is 3.84. The van der Waals surface area contributed by atoms with E-state index in [1.54, 1.807) is 0 Å². The monoisotopic (exact) mass is 331 g/mol. The largest absolute Gasteiger partial charge is 0.314 e. The van der Waals surface area contributed by atoms with E-state index in [2.05, 4.69) is 54.2 Å². The van der Waals surface area contributed by atoms with Crippen LogP contribution < -0.4 is 5.32 Å². The molecule has 2 aromatic rings. The van der Waals surface area contributed by atoms with Crippen LogP contribution in [-0.4, -0.2) is 29.5 Å². The minimum absolute atomic E-state index is 0. The number of aromatic nitrogens is 1. The molecule has 0 radical (unpaired) electrons. The molecular weight excluding hydrogens is 306 g/mol. The van der Waals surface area contributed by atoms with Crippen LogP contribution in [-0.2, 0) is 6.54 Å². The van der Waals surface area contributed by atoms with Gasteiger partial charge in [0.1, 0.15) is 0 Å². The zero-order valence-electron chi connectivity index (χ0n) is 14.2. The van der Waals surface area contributed by atoms with Crippen molar-refractivity contribution >= 4 is 12.4 Å². The number of rotatable bonds is 3. The van der Waals surface area contributed by atoms with Gasteiger partial charge in [-0.05, 0) is 54.7 Å². The molecule has 0 spiro atoms. The number of piperazine rings is 1. The van der Waals surface area contributed by atoms with Crippen LogP contribution in [0.1, 0.15) is 33.9 Å². The first-order chi connectivity index (χ1) is 10.6. The summed E-state index contributed by atoms with van der Waals surface area (Å²) in [4.78, 5) is 6.86. The molecule has 23 heavy (non-hydrogen) atoms. The van der Waals surface area contributed by atoms with Gasteiger partial charge in [-0.25, -0.2) is 0 Å². The number of nitrogens with zero attached hydrogens (tertiary/aromatic N) is 2. The minimum Gasteiger partial charge on any atom is -0.314 e. The van der Waals surface area contributed by atoms with E-state index in [1.165, 1.54) is 27.8 Å². The van der Waals surface area contributed by atoms with Crippen LogP contribution in [0.4, 0.5) is 0 Å². The van der Waals surface area contributed by atoms with Crippen LogP contribution in [0, 0.1) is 20.8 Å². The maximum Gasteiger partial charge on any atom is 0.0491 e. The summed E-state index contributed by atoms with van der Waals surface area (Å²) in [5.41, 5.74) is 6.90. The Morgan fingerprint density at radius 1 is 1.17 bits per heavy atom. The number of nitrogens with one attached hydrogen (secondary N) is 1. The third-order valence-electron chi connectivity index (χ3n) is 4.75. The second-order valence-corrected chi connectivity index (χ2v) is 6.34. The molecule has 0 amide bonds. The minimum atomic E-state index is 0. The van der Waals surface area contributed by atoms with E-state index in [9.17, 15) is 0 Å². The summed E-state index contributed by atoms with van der Waals surface area (Å²) >= 11 is 0. The Labute approximate surface area is 145 Å². The summed E-state index contributed by atoms with van der Waals surface area (Å²) in [5, 5.41) is 3.51. The van der Waals surface area contributed by atoms with Crippen molar-refractivity contribution in [1.82, 2.24) is 15.2 Å². The molecule has 3 rings (SSSR count). The van der Waals surface area contributed by atoms with Gasteiger partial charge in [0, 0.05) is 44.6 Å². The molecule has 0 bridgehead atoms. The molecule has 0 saturated carbocycles. The summed E-state index contributed by atoms with van der Waals surface area (Å²) < 4.78 is 0. The average Bonchev–Trinajstić information content (AvgIpc) is 2.54. The summed E-state index contributed by atoms with van der Waals surface area (Å²) in [7, 11) is 0. The highest BCUT2D eigenvalue weighted by molar-refractivity contribution is 5.85. The molecule has 124 valence electrons. The Kier molecular flexibility index (Phi) is 6.17. The van der Waals surface area contributed by atoms with Crippen molar-refractivity contribution < 1.29 is 0 Å². The Morgan fingerprint density at radius 3 is 2.70 bits per heavy atom. The quantitative estimate of drug-likeness (QED) is 0.931. The molecule has 4 heteroatoms. The molecule has 1 saturated heterocycles. The van der Waals surface area contributed by atoms with Gasteiger partial charge in [0.05, 0.1) is 0 Å². The fourth-order valence-electron chi connectivity index (χ4n) is 3.25. The maximum atomic E-state index is 4.29. The number of hydrogen-bond acceptors (Lipinski definition) is 3. The van der Waals surface area contributed by atoms with Crippen LogP contribution in [0.5, 0.6) is 0 Å². The van der Waals surface area contributed by atoms with E-state index in [0.29, 0.717) is 6.04 Å². The lowest BCUT2D eigenvalue weighted by Crippen LogP contribution is -2.45. The van der Waals surface area contributed by atoms with Crippen molar-refractivity contribution in [2.24, 2.45) is 0 Å². The normalized spacial score (nSPS) is 18.5. The third-order valence-corrected chi connectivity index (χ3v) is 4.75. The highest BCUT2D eigenvalue weighted by Crippen LogP contribution is 2.25. The number of benzene rings is 1. The average molecular weight is 332 g/mol. The van der Waals surface area contributed by atoms with Crippen molar-refractivity contribution in [3.8, 4) is 0 Å². The van der Waals surface area contributed by atoms with Gasteiger partial charge in [0.2, 0.25) is 0 Å². The Bertz CT molecular complexity index is 643. The van der Waals surface area contributed by atoms with E-state index < -0.39 is 0 Å². The van der Waals surface area contributed by atoms with Crippen LogP contribution in [0.2, 0.25) is 0 Å². The van der Waals surface area contributed by atoms with Gasteiger partial charge < -0.3 is 5.32 Å². The zero-order chi connectivity index (χ0) is 15.5. The fourth-order valence-corrected chi connectivity index (χ4v) is 3.25. The molecule has 1 aromatic heterocycles. The lowest BCUT2D eigenvalue weighted by atomic mass is 9.98. The smallest absolute Gasteiger partial charge is 0.0491 e. The number of hydrogen-bond donors (Lipinski definition) is 1. The predicted octanol–water partition coefficient (Wildman–Crippen LogP) is 3.58. The molecule has 1 atom stereocenters. The number of pyridine rings is 1. The standard InChI is InChI=1S/C19H25N3.ClH/c1-14-9-16(3)18(10-15(14)2)13-22-8-7-21-12-19(22)17-5-4-6-20-11-17;/h4-6,9-11,19,21H,7-8,12-13H2,1-3H3;1H. The summed E-state index contributed by atoms with van der Waals surface area (Å²) in [6.45, 7) is 10.8. The molecule has 1 aliphatic rings. The van der Waals surface area contributed by atoms with E-state index >= 15 is 0 Å². The maximum absolute atomic E-state index is 4.29. The van der Waals surface area contributed by atoms with Crippen molar-refractivity contribution in [3.63, 3.8) is 0 Å². The van der Waals surface area contributed by atoms with E-state index in [4.69, 9.17) is 0 Å². The molecule has 2 heterocycles. The first-order valence-corrected chi connectivity index (χ1v) is 8.06. The van der Waals surface area contributed by atoms with Gasteiger partial charge in [-0.3, -0.25) is 9.88 Å². The van der Waals surface area contributed by atoms with Gasteiger partial charge >= 0.3 is 0 Å². The van der Waals surface area contributed by atoms with Gasteiger partial charge in [-0.15, -0.1) is 12.4 Å². The van der Waals surface area contributed by atoms with Crippen molar-refractivity contribution in [1.29, 1.82) is 0 Å². The van der Waals surface area contributed by atoms with E-state index in [1.807, 2.05) is 18.5 Å². The Balaban J connectivity index is 0.00000192. The molecule has 1 N–H and O–H groups in total. The lowest BCUT2D eigenvalue weighted by Gasteiger charge is -2.36. The van der Waals surface area contributed by atoms with E-state index in [0.717, 1.165) is 26.2 Å². The van der Waals surface area contributed by atoms with Gasteiger partial charge in [0.25, 0.3) is 0 Å². The molecule has 1 fully saturated rings. The first kappa shape index (κ1) is 17.9. The molecule has 1 aromatic carbocycles. The number of aryl methyl sites for hydroxylation is 3. The van der Waals surface area contributed by atoms with Crippen molar-refractivity contribution in [3.05, 3.63) is 64.5 Å². The van der Waals surface area contributed by atoms with E-state index in [-0.39, 0.29) is 12.4 Å². The molecule has 0 aliphatic carbocycles. The molecule has 3 nitrogen and oxygen atoms in total. The highest BCUT2D eigenvalue weighted by atomic mass is 35.5. The zero-order valence-corrected chi connectivity index (χ0v) is 15.0. The van der Waals surface area contributed by atoms with Gasteiger partial charge in [-0.2, -0.15) is 0 Å². The van der Waals surface area contributed by atoms with Crippen LogP contribution in [0.15, 0.2) is 36.7 Å². The predicted molar refractivity (Wildman–Crippen MR) is 98.2 cm³/mol.